The normalized spacial score (nSPS) is 12.0. The molecule has 0 aliphatic rings. The smallest absolute Gasteiger partial charge is 0.245 e. The van der Waals surface area contributed by atoms with Crippen LogP contribution in [0.25, 0.3) is 0 Å². The van der Waals surface area contributed by atoms with Crippen LogP contribution in [0.3, 0.4) is 0 Å². The van der Waals surface area contributed by atoms with Crippen LogP contribution in [0.4, 0.5) is 5.69 Å². The number of para-hydroxylation sites is 1. The number of carbonyl (C=O) groups excluding carboxylic acids is 1. The molecule has 1 amide bonds. The lowest BCUT2D eigenvalue weighted by Crippen LogP contribution is -2.36. The molecule has 6 heteroatoms. The zero-order chi connectivity index (χ0) is 19.9. The first kappa shape index (κ1) is 20.5. The van der Waals surface area contributed by atoms with Crippen LogP contribution >= 0.6 is 22.9 Å². The van der Waals surface area contributed by atoms with E-state index in [9.17, 15) is 4.79 Å². The maximum Gasteiger partial charge on any atom is 0.245 e. The van der Waals surface area contributed by atoms with E-state index in [1.54, 1.807) is 16.2 Å². The van der Waals surface area contributed by atoms with Gasteiger partial charge in [-0.1, -0.05) is 67.6 Å². The predicted octanol–water partition coefficient (Wildman–Crippen LogP) is 5.24. The van der Waals surface area contributed by atoms with E-state index in [-0.39, 0.29) is 5.91 Å². The maximum absolute atomic E-state index is 12.8. The summed E-state index contributed by atoms with van der Waals surface area (Å²) in [4.78, 5) is 14.5. The Kier molecular flexibility index (Phi) is 7.18. The number of hydrogen-bond acceptors (Lipinski definition) is 4. The molecule has 0 fully saturated rings. The molecular weight excluding hydrogens is 390 g/mol. The number of alkyl halides is 1. The fourth-order valence-electron chi connectivity index (χ4n) is 3.04. The highest BCUT2D eigenvalue weighted by molar-refractivity contribution is 7.11. The van der Waals surface area contributed by atoms with Crippen LogP contribution in [-0.4, -0.2) is 21.5 Å². The predicted molar refractivity (Wildman–Crippen MR) is 116 cm³/mol. The van der Waals surface area contributed by atoms with E-state index in [4.69, 9.17) is 11.6 Å². The highest BCUT2D eigenvalue weighted by atomic mass is 35.5. The van der Waals surface area contributed by atoms with Crippen molar-refractivity contribution in [3.63, 3.8) is 0 Å². The first-order chi connectivity index (χ1) is 13.6. The Morgan fingerprint density at radius 3 is 2.32 bits per heavy atom. The van der Waals surface area contributed by atoms with Gasteiger partial charge in [-0.2, -0.15) is 0 Å². The first-order valence-electron chi connectivity index (χ1n) is 9.50. The monoisotopic (exact) mass is 413 g/mol. The van der Waals surface area contributed by atoms with E-state index in [0.29, 0.717) is 13.0 Å². The van der Waals surface area contributed by atoms with Gasteiger partial charge in [0.25, 0.3) is 0 Å². The number of anilines is 1. The van der Waals surface area contributed by atoms with Gasteiger partial charge in [0.1, 0.15) is 15.4 Å². The third kappa shape index (κ3) is 4.97. The minimum absolute atomic E-state index is 0.108. The van der Waals surface area contributed by atoms with Crippen molar-refractivity contribution < 1.29 is 4.79 Å². The van der Waals surface area contributed by atoms with Crippen LogP contribution in [0.5, 0.6) is 0 Å². The number of amides is 1. The van der Waals surface area contributed by atoms with Crippen molar-refractivity contribution in [3.05, 3.63) is 75.7 Å². The van der Waals surface area contributed by atoms with Crippen molar-refractivity contribution >= 4 is 34.5 Å². The average Bonchev–Trinajstić information content (AvgIpc) is 3.19. The minimum Gasteiger partial charge on any atom is -0.304 e. The number of carbonyl (C=O) groups is 1. The number of rotatable bonds is 8. The molecule has 1 heterocycles. The van der Waals surface area contributed by atoms with Crippen molar-refractivity contribution in [2.75, 3.05) is 4.90 Å². The van der Waals surface area contributed by atoms with Gasteiger partial charge in [0.05, 0.1) is 6.54 Å². The van der Waals surface area contributed by atoms with Crippen molar-refractivity contribution in [2.24, 2.45) is 0 Å². The maximum atomic E-state index is 12.8. The molecule has 0 radical (unpaired) electrons. The summed E-state index contributed by atoms with van der Waals surface area (Å²) in [6, 6.07) is 18.0. The molecule has 146 valence electrons. The van der Waals surface area contributed by atoms with Gasteiger partial charge in [0, 0.05) is 12.1 Å². The van der Waals surface area contributed by atoms with E-state index in [0.717, 1.165) is 28.5 Å². The summed E-state index contributed by atoms with van der Waals surface area (Å²) in [5.41, 5.74) is 3.42. The van der Waals surface area contributed by atoms with E-state index in [1.807, 2.05) is 37.3 Å². The standard InChI is InChI=1S/C22H24ClN3OS/c1-3-16-10-8-9-11-17(16)14-20-24-25-21(28-20)15-26(22(27)19(23)4-2)18-12-6-5-7-13-18/h5-13,19H,3-4,14-15H2,1-2H3. The van der Waals surface area contributed by atoms with Crippen molar-refractivity contribution in [3.8, 4) is 0 Å². The molecule has 2 aromatic carbocycles. The second-order valence-corrected chi connectivity index (χ2v) is 8.20. The van der Waals surface area contributed by atoms with Crippen molar-refractivity contribution in [2.45, 2.75) is 45.0 Å². The molecule has 0 N–H and O–H groups in total. The molecule has 3 aromatic rings. The minimum atomic E-state index is -0.552. The summed E-state index contributed by atoms with van der Waals surface area (Å²) in [6.07, 6.45) is 2.33. The molecule has 0 bridgehead atoms. The Morgan fingerprint density at radius 2 is 1.64 bits per heavy atom. The summed E-state index contributed by atoms with van der Waals surface area (Å²) >= 11 is 7.80. The van der Waals surface area contributed by atoms with Crippen LogP contribution in [0, 0.1) is 0 Å². The molecule has 0 saturated carbocycles. The Bertz CT molecular complexity index is 913. The molecule has 3 rings (SSSR count). The zero-order valence-corrected chi connectivity index (χ0v) is 17.7. The molecule has 0 aliphatic heterocycles. The second kappa shape index (κ2) is 9.80. The lowest BCUT2D eigenvalue weighted by Gasteiger charge is -2.23. The van der Waals surface area contributed by atoms with Crippen LogP contribution in [-0.2, 0) is 24.2 Å². The number of benzene rings is 2. The topological polar surface area (TPSA) is 46.1 Å². The Labute approximate surface area is 175 Å². The van der Waals surface area contributed by atoms with E-state index in [2.05, 4.69) is 41.4 Å². The van der Waals surface area contributed by atoms with Gasteiger partial charge in [-0.3, -0.25) is 4.79 Å². The molecular formula is C22H24ClN3OS. The fraction of sp³-hybridized carbons (Fsp3) is 0.318. The second-order valence-electron chi connectivity index (χ2n) is 6.52. The fourth-order valence-corrected chi connectivity index (χ4v) is 4.02. The summed E-state index contributed by atoms with van der Waals surface area (Å²) < 4.78 is 0. The largest absolute Gasteiger partial charge is 0.304 e. The number of aromatic nitrogens is 2. The molecule has 1 unspecified atom stereocenters. The molecule has 28 heavy (non-hydrogen) atoms. The molecule has 4 nitrogen and oxygen atoms in total. The van der Waals surface area contributed by atoms with Gasteiger partial charge in [0.2, 0.25) is 5.91 Å². The third-order valence-electron chi connectivity index (χ3n) is 4.60. The summed E-state index contributed by atoms with van der Waals surface area (Å²) in [5.74, 6) is -0.108. The van der Waals surface area contributed by atoms with Gasteiger partial charge in [-0.15, -0.1) is 21.8 Å². The lowest BCUT2D eigenvalue weighted by atomic mass is 10.0. The molecule has 0 aliphatic carbocycles. The van der Waals surface area contributed by atoms with E-state index >= 15 is 0 Å². The molecule has 0 saturated heterocycles. The number of nitrogens with zero attached hydrogens (tertiary/aromatic N) is 3. The van der Waals surface area contributed by atoms with Crippen molar-refractivity contribution in [1.82, 2.24) is 10.2 Å². The van der Waals surface area contributed by atoms with Gasteiger partial charge in [-0.05, 0) is 36.1 Å². The van der Waals surface area contributed by atoms with Gasteiger partial charge < -0.3 is 4.90 Å². The highest BCUT2D eigenvalue weighted by Gasteiger charge is 2.24. The summed E-state index contributed by atoms with van der Waals surface area (Å²) in [7, 11) is 0. The van der Waals surface area contributed by atoms with E-state index < -0.39 is 5.38 Å². The summed E-state index contributed by atoms with van der Waals surface area (Å²) in [6.45, 7) is 4.44. The lowest BCUT2D eigenvalue weighted by molar-refractivity contribution is -0.118. The SMILES string of the molecule is CCc1ccccc1Cc1nnc(CN(C(=O)C(Cl)CC)c2ccccc2)s1. The molecule has 0 spiro atoms. The Balaban J connectivity index is 1.79. The Hall–Kier alpha value is -2.24. The summed E-state index contributed by atoms with van der Waals surface area (Å²) in [5, 5.41) is 9.90. The number of aryl methyl sites for hydroxylation is 1. The van der Waals surface area contributed by atoms with Crippen LogP contribution in [0.2, 0.25) is 0 Å². The number of halogens is 1. The van der Waals surface area contributed by atoms with Crippen LogP contribution in [0.15, 0.2) is 54.6 Å². The van der Waals surface area contributed by atoms with Crippen molar-refractivity contribution in [1.29, 1.82) is 0 Å². The number of hydrogen-bond donors (Lipinski definition) is 0. The van der Waals surface area contributed by atoms with E-state index in [1.165, 1.54) is 11.1 Å². The first-order valence-corrected chi connectivity index (χ1v) is 10.8. The van der Waals surface area contributed by atoms with Gasteiger partial charge in [0.15, 0.2) is 0 Å². The third-order valence-corrected chi connectivity index (χ3v) is 6.01. The highest BCUT2D eigenvalue weighted by Crippen LogP contribution is 2.23. The zero-order valence-electron chi connectivity index (χ0n) is 16.1. The van der Waals surface area contributed by atoms with Gasteiger partial charge in [-0.25, -0.2) is 0 Å². The molecule has 1 aromatic heterocycles. The van der Waals surface area contributed by atoms with Crippen LogP contribution < -0.4 is 4.90 Å². The average molecular weight is 414 g/mol. The van der Waals surface area contributed by atoms with Gasteiger partial charge >= 0.3 is 0 Å². The van der Waals surface area contributed by atoms with Crippen LogP contribution in [0.1, 0.15) is 41.4 Å². The Morgan fingerprint density at radius 1 is 1.00 bits per heavy atom. The molecule has 1 atom stereocenters. The quantitative estimate of drug-likeness (QED) is 0.474.